The zero-order valence-electron chi connectivity index (χ0n) is 15.8. The van der Waals surface area contributed by atoms with E-state index in [0.717, 1.165) is 16.9 Å². The highest BCUT2D eigenvalue weighted by molar-refractivity contribution is 5.96. The van der Waals surface area contributed by atoms with Crippen LogP contribution < -0.4 is 31.1 Å². The van der Waals surface area contributed by atoms with E-state index in [1.54, 1.807) is 18.2 Å². The summed E-state index contributed by atoms with van der Waals surface area (Å²) in [7, 11) is 3.89. The maximum Gasteiger partial charge on any atom is 0.262 e. The molecule has 0 atom stereocenters. The standard InChI is InChI=1S/C21H19N3O4/c1-11-4-6-13(9-15(11)24(2)3)22-19-18(20(26)21(19)27)12-5-7-14-16(8-12)28-10-17(25)23-14/h4-9,22H,10H2,1-3H3,(H,23,25). The number of carbonyl (C=O) groups is 1. The molecule has 0 fully saturated rings. The van der Waals surface area contributed by atoms with Gasteiger partial charge in [0.15, 0.2) is 6.61 Å². The number of carbonyl (C=O) groups excluding carboxylic acids is 1. The first-order chi connectivity index (χ1) is 13.3. The molecule has 0 spiro atoms. The number of hydrogen-bond acceptors (Lipinski definition) is 6. The van der Waals surface area contributed by atoms with Gasteiger partial charge < -0.3 is 20.3 Å². The largest absolute Gasteiger partial charge is 0.482 e. The van der Waals surface area contributed by atoms with Gasteiger partial charge in [-0.2, -0.15) is 0 Å². The molecule has 1 heterocycles. The molecule has 3 aromatic rings. The van der Waals surface area contributed by atoms with Crippen molar-refractivity contribution in [3.05, 3.63) is 62.4 Å². The van der Waals surface area contributed by atoms with Gasteiger partial charge in [-0.3, -0.25) is 14.4 Å². The molecule has 28 heavy (non-hydrogen) atoms. The Morgan fingerprint density at radius 3 is 2.57 bits per heavy atom. The molecule has 7 nitrogen and oxygen atoms in total. The maximum atomic E-state index is 12.2. The first-order valence-corrected chi connectivity index (χ1v) is 8.80. The van der Waals surface area contributed by atoms with Gasteiger partial charge >= 0.3 is 0 Å². The molecular weight excluding hydrogens is 358 g/mol. The summed E-state index contributed by atoms with van der Waals surface area (Å²) >= 11 is 0. The summed E-state index contributed by atoms with van der Waals surface area (Å²) in [5, 5.41) is 5.79. The Kier molecular flexibility index (Phi) is 4.15. The van der Waals surface area contributed by atoms with Gasteiger partial charge in [-0.15, -0.1) is 0 Å². The Hall–Kier alpha value is -3.61. The normalized spacial score (nSPS) is 12.9. The molecule has 142 valence electrons. The van der Waals surface area contributed by atoms with Crippen molar-refractivity contribution < 1.29 is 9.53 Å². The van der Waals surface area contributed by atoms with Crippen molar-refractivity contribution in [2.45, 2.75) is 6.92 Å². The van der Waals surface area contributed by atoms with E-state index >= 15 is 0 Å². The van der Waals surface area contributed by atoms with Crippen LogP contribution in [0, 0.1) is 6.92 Å². The molecule has 0 bridgehead atoms. The van der Waals surface area contributed by atoms with Crippen LogP contribution in [0.4, 0.5) is 22.7 Å². The predicted molar refractivity (Wildman–Crippen MR) is 110 cm³/mol. The van der Waals surface area contributed by atoms with Crippen LogP contribution in [0.5, 0.6) is 5.75 Å². The fraction of sp³-hybridized carbons (Fsp3) is 0.190. The van der Waals surface area contributed by atoms with Gasteiger partial charge in [-0.1, -0.05) is 12.1 Å². The zero-order chi connectivity index (χ0) is 20.0. The smallest absolute Gasteiger partial charge is 0.262 e. The minimum absolute atomic E-state index is 0.0792. The van der Waals surface area contributed by atoms with Crippen molar-refractivity contribution in [2.75, 3.05) is 36.2 Å². The highest BCUT2D eigenvalue weighted by atomic mass is 16.5. The first kappa shape index (κ1) is 17.8. The van der Waals surface area contributed by atoms with Crippen LogP contribution in [0.1, 0.15) is 5.56 Å². The molecule has 0 unspecified atom stereocenters. The third-order valence-electron chi connectivity index (χ3n) is 4.77. The third-order valence-corrected chi connectivity index (χ3v) is 4.77. The summed E-state index contributed by atoms with van der Waals surface area (Å²) in [6, 6.07) is 10.8. The summed E-state index contributed by atoms with van der Waals surface area (Å²) in [6.07, 6.45) is 0. The van der Waals surface area contributed by atoms with Crippen LogP contribution >= 0.6 is 0 Å². The van der Waals surface area contributed by atoms with Crippen molar-refractivity contribution in [3.8, 4) is 16.9 Å². The van der Waals surface area contributed by atoms with Crippen LogP contribution in [-0.4, -0.2) is 26.6 Å². The van der Waals surface area contributed by atoms with E-state index in [-0.39, 0.29) is 18.2 Å². The van der Waals surface area contributed by atoms with Gasteiger partial charge in [0.2, 0.25) is 5.43 Å². The third kappa shape index (κ3) is 2.90. The van der Waals surface area contributed by atoms with Gasteiger partial charge in [-0.25, -0.2) is 0 Å². The number of nitrogens with one attached hydrogen (secondary N) is 2. The molecule has 0 saturated heterocycles. The predicted octanol–water partition coefficient (Wildman–Crippen LogP) is 2.40. The van der Waals surface area contributed by atoms with E-state index in [2.05, 4.69) is 10.6 Å². The molecular formula is C21H19N3O4. The van der Waals surface area contributed by atoms with Crippen molar-refractivity contribution in [1.29, 1.82) is 0 Å². The lowest BCUT2D eigenvalue weighted by molar-refractivity contribution is -0.118. The summed E-state index contributed by atoms with van der Waals surface area (Å²) in [6.45, 7) is 1.93. The Bertz CT molecular complexity index is 1170. The number of rotatable bonds is 4. The van der Waals surface area contributed by atoms with Gasteiger partial charge in [-0.05, 0) is 42.3 Å². The van der Waals surface area contributed by atoms with Crippen LogP contribution in [0.3, 0.4) is 0 Å². The van der Waals surface area contributed by atoms with E-state index in [1.807, 2.05) is 44.1 Å². The molecule has 0 aliphatic carbocycles. The Labute approximate surface area is 161 Å². The van der Waals surface area contributed by atoms with Crippen molar-refractivity contribution >= 4 is 28.7 Å². The monoisotopic (exact) mass is 377 g/mol. The quantitative estimate of drug-likeness (QED) is 0.679. The minimum atomic E-state index is -0.547. The lowest BCUT2D eigenvalue weighted by Gasteiger charge is -2.20. The topological polar surface area (TPSA) is 87.7 Å². The molecule has 1 aliphatic rings. The number of anilines is 4. The summed E-state index contributed by atoms with van der Waals surface area (Å²) in [5.41, 5.74) is 3.46. The summed E-state index contributed by atoms with van der Waals surface area (Å²) in [5.74, 6) is 0.245. The average molecular weight is 377 g/mol. The minimum Gasteiger partial charge on any atom is -0.482 e. The highest BCUT2D eigenvalue weighted by Crippen LogP contribution is 2.35. The van der Waals surface area contributed by atoms with Gasteiger partial charge in [0.05, 0.1) is 11.3 Å². The van der Waals surface area contributed by atoms with Gasteiger partial charge in [0, 0.05) is 25.5 Å². The highest BCUT2D eigenvalue weighted by Gasteiger charge is 2.25. The average Bonchev–Trinajstić information content (AvgIpc) is 2.68. The van der Waals surface area contributed by atoms with E-state index in [9.17, 15) is 14.4 Å². The van der Waals surface area contributed by atoms with Crippen molar-refractivity contribution in [1.82, 2.24) is 0 Å². The number of ether oxygens (including phenoxy) is 1. The van der Waals surface area contributed by atoms with E-state index < -0.39 is 10.9 Å². The second-order valence-electron chi connectivity index (χ2n) is 6.98. The number of fused-ring (bicyclic) bond motifs is 1. The fourth-order valence-corrected chi connectivity index (χ4v) is 3.33. The molecule has 2 N–H and O–H groups in total. The van der Waals surface area contributed by atoms with Crippen molar-refractivity contribution in [3.63, 3.8) is 0 Å². The number of amides is 1. The molecule has 0 saturated carbocycles. The van der Waals surface area contributed by atoms with Crippen LogP contribution in [-0.2, 0) is 4.79 Å². The number of benzene rings is 2. The number of aryl methyl sites for hydroxylation is 1. The molecule has 4 rings (SSSR count). The Balaban J connectivity index is 1.70. The van der Waals surface area contributed by atoms with Gasteiger partial charge in [0.25, 0.3) is 11.3 Å². The number of nitrogens with zero attached hydrogens (tertiary/aromatic N) is 1. The molecule has 3 aromatic carbocycles. The van der Waals surface area contributed by atoms with E-state index in [4.69, 9.17) is 4.74 Å². The molecule has 1 aliphatic heterocycles. The maximum absolute atomic E-state index is 12.2. The molecule has 0 aromatic heterocycles. The van der Waals surface area contributed by atoms with E-state index in [1.165, 1.54) is 0 Å². The fourth-order valence-electron chi connectivity index (χ4n) is 3.33. The lowest BCUT2D eigenvalue weighted by Crippen LogP contribution is -2.35. The van der Waals surface area contributed by atoms with Crippen molar-refractivity contribution in [2.24, 2.45) is 0 Å². The Morgan fingerprint density at radius 1 is 1.04 bits per heavy atom. The number of hydrogen-bond donors (Lipinski definition) is 2. The second kappa shape index (κ2) is 6.53. The zero-order valence-corrected chi connectivity index (χ0v) is 15.8. The first-order valence-electron chi connectivity index (χ1n) is 8.80. The van der Waals surface area contributed by atoms with Crippen LogP contribution in [0.25, 0.3) is 11.1 Å². The van der Waals surface area contributed by atoms with Gasteiger partial charge in [0.1, 0.15) is 11.4 Å². The summed E-state index contributed by atoms with van der Waals surface area (Å²) < 4.78 is 5.41. The van der Waals surface area contributed by atoms with Crippen LogP contribution in [0.2, 0.25) is 0 Å². The summed E-state index contributed by atoms with van der Waals surface area (Å²) in [4.78, 5) is 37.8. The molecule has 7 heteroatoms. The van der Waals surface area contributed by atoms with E-state index in [0.29, 0.717) is 22.6 Å². The molecule has 1 amide bonds. The Morgan fingerprint density at radius 2 is 1.82 bits per heavy atom. The molecule has 0 radical (unpaired) electrons. The SMILES string of the molecule is Cc1ccc(Nc2c(-c3ccc4c(c3)OCC(=O)N4)c(=O)c2=O)cc1N(C)C. The van der Waals surface area contributed by atoms with Crippen LogP contribution in [0.15, 0.2) is 46.0 Å². The second-order valence-corrected chi connectivity index (χ2v) is 6.98. The lowest BCUT2D eigenvalue weighted by atomic mass is 9.97.